The normalized spacial score (nSPS) is 14.1. The van der Waals surface area contributed by atoms with Crippen LogP contribution in [0.25, 0.3) is 0 Å². The molecule has 1 aromatic carbocycles. The van der Waals surface area contributed by atoms with Crippen molar-refractivity contribution in [2.75, 3.05) is 6.54 Å². The molecule has 17 heavy (non-hydrogen) atoms. The highest BCUT2D eigenvalue weighted by molar-refractivity contribution is 5.78. The molecule has 0 radical (unpaired) electrons. The summed E-state index contributed by atoms with van der Waals surface area (Å²) in [4.78, 5) is 11.6. The summed E-state index contributed by atoms with van der Waals surface area (Å²) in [6, 6.07) is 6.21. The van der Waals surface area contributed by atoms with Gasteiger partial charge in [0.2, 0.25) is 5.91 Å². The second-order valence-electron chi connectivity index (χ2n) is 4.32. The van der Waals surface area contributed by atoms with Gasteiger partial charge in [0, 0.05) is 18.5 Å². The van der Waals surface area contributed by atoms with Gasteiger partial charge in [-0.15, -0.1) is 0 Å². The van der Waals surface area contributed by atoms with Gasteiger partial charge >= 0.3 is 0 Å². The lowest BCUT2D eigenvalue weighted by molar-refractivity contribution is -0.124. The molecule has 4 heteroatoms. The molecule has 2 atom stereocenters. The molecule has 2 unspecified atom stereocenters. The Morgan fingerprint density at radius 3 is 2.76 bits per heavy atom. The Kier molecular flexibility index (Phi) is 5.10. The summed E-state index contributed by atoms with van der Waals surface area (Å²) in [5.74, 6) is -0.517. The largest absolute Gasteiger partial charge is 0.355 e. The standard InChI is InChI=1S/C13H19FN2O/c1-9(10(2)15)13(17)16-7-6-11-4-3-5-12(14)8-11/h3-5,8-10H,6-7,15H2,1-2H3,(H,16,17). The quantitative estimate of drug-likeness (QED) is 0.816. The number of halogens is 1. The Bertz CT molecular complexity index is 379. The van der Waals surface area contributed by atoms with Gasteiger partial charge in [-0.2, -0.15) is 0 Å². The van der Waals surface area contributed by atoms with Crippen molar-refractivity contribution >= 4 is 5.91 Å². The molecule has 0 aromatic heterocycles. The summed E-state index contributed by atoms with van der Waals surface area (Å²) in [5.41, 5.74) is 6.50. The molecule has 0 spiro atoms. The molecule has 0 heterocycles. The molecule has 0 aliphatic carbocycles. The van der Waals surface area contributed by atoms with Crippen LogP contribution in [0.5, 0.6) is 0 Å². The van der Waals surface area contributed by atoms with E-state index in [1.165, 1.54) is 12.1 Å². The number of hydrogen-bond donors (Lipinski definition) is 2. The summed E-state index contributed by atoms with van der Waals surface area (Å²) in [6.45, 7) is 4.10. The van der Waals surface area contributed by atoms with E-state index < -0.39 is 0 Å². The van der Waals surface area contributed by atoms with Gasteiger partial charge in [-0.25, -0.2) is 4.39 Å². The highest BCUT2D eigenvalue weighted by Gasteiger charge is 2.15. The number of nitrogens with one attached hydrogen (secondary N) is 1. The number of carbonyl (C=O) groups is 1. The maximum Gasteiger partial charge on any atom is 0.224 e. The smallest absolute Gasteiger partial charge is 0.224 e. The average molecular weight is 238 g/mol. The van der Waals surface area contributed by atoms with Gasteiger partial charge in [-0.05, 0) is 31.0 Å². The third kappa shape index (κ3) is 4.53. The minimum atomic E-state index is -0.252. The summed E-state index contributed by atoms with van der Waals surface area (Å²) in [5, 5.41) is 2.79. The molecular weight excluding hydrogens is 219 g/mol. The molecule has 3 N–H and O–H groups in total. The summed E-state index contributed by atoms with van der Waals surface area (Å²) >= 11 is 0. The zero-order valence-electron chi connectivity index (χ0n) is 10.2. The van der Waals surface area contributed by atoms with Crippen LogP contribution in [0.15, 0.2) is 24.3 Å². The van der Waals surface area contributed by atoms with Crippen LogP contribution in [0.2, 0.25) is 0 Å². The molecule has 94 valence electrons. The van der Waals surface area contributed by atoms with E-state index in [-0.39, 0.29) is 23.7 Å². The number of hydrogen-bond acceptors (Lipinski definition) is 2. The van der Waals surface area contributed by atoms with E-state index in [1.807, 2.05) is 6.07 Å². The molecule has 1 rings (SSSR count). The lowest BCUT2D eigenvalue weighted by atomic mass is 10.0. The van der Waals surface area contributed by atoms with Crippen LogP contribution in [-0.2, 0) is 11.2 Å². The van der Waals surface area contributed by atoms with Crippen molar-refractivity contribution in [2.45, 2.75) is 26.3 Å². The zero-order chi connectivity index (χ0) is 12.8. The molecule has 0 fully saturated rings. The van der Waals surface area contributed by atoms with Crippen LogP contribution < -0.4 is 11.1 Å². The molecule has 0 aliphatic rings. The van der Waals surface area contributed by atoms with Crippen LogP contribution >= 0.6 is 0 Å². The van der Waals surface area contributed by atoms with Gasteiger partial charge in [0.05, 0.1) is 0 Å². The summed E-state index contributed by atoms with van der Waals surface area (Å²) in [6.07, 6.45) is 0.620. The van der Waals surface area contributed by atoms with Gasteiger partial charge in [-0.1, -0.05) is 19.1 Å². The van der Waals surface area contributed by atoms with E-state index in [1.54, 1.807) is 19.9 Å². The van der Waals surface area contributed by atoms with E-state index >= 15 is 0 Å². The third-order valence-corrected chi connectivity index (χ3v) is 2.80. The topological polar surface area (TPSA) is 55.1 Å². The molecule has 1 aromatic rings. The fraction of sp³-hybridized carbons (Fsp3) is 0.462. The number of nitrogens with two attached hydrogens (primary N) is 1. The first-order valence-electron chi connectivity index (χ1n) is 5.78. The van der Waals surface area contributed by atoms with Crippen molar-refractivity contribution in [3.63, 3.8) is 0 Å². The molecule has 3 nitrogen and oxygen atoms in total. The monoisotopic (exact) mass is 238 g/mol. The first-order valence-corrected chi connectivity index (χ1v) is 5.78. The van der Waals surface area contributed by atoms with E-state index in [0.29, 0.717) is 13.0 Å². The van der Waals surface area contributed by atoms with Crippen molar-refractivity contribution in [1.82, 2.24) is 5.32 Å². The predicted octanol–water partition coefficient (Wildman–Crippen LogP) is 1.47. The fourth-order valence-corrected chi connectivity index (χ4v) is 1.42. The van der Waals surface area contributed by atoms with Gasteiger partial charge in [-0.3, -0.25) is 4.79 Å². The number of rotatable bonds is 5. The minimum absolute atomic E-state index is 0.0589. The van der Waals surface area contributed by atoms with Crippen LogP contribution in [-0.4, -0.2) is 18.5 Å². The summed E-state index contributed by atoms with van der Waals surface area (Å²) < 4.78 is 12.9. The Labute approximate surface area is 101 Å². The maximum absolute atomic E-state index is 12.9. The molecule has 0 aliphatic heterocycles. The average Bonchev–Trinajstić information content (AvgIpc) is 2.27. The zero-order valence-corrected chi connectivity index (χ0v) is 10.2. The number of benzene rings is 1. The van der Waals surface area contributed by atoms with Crippen LogP contribution in [0.1, 0.15) is 19.4 Å². The van der Waals surface area contributed by atoms with Gasteiger partial charge in [0.25, 0.3) is 0 Å². The SMILES string of the molecule is CC(N)C(C)C(=O)NCCc1cccc(F)c1. The summed E-state index contributed by atoms with van der Waals surface area (Å²) in [7, 11) is 0. The van der Waals surface area contributed by atoms with Crippen LogP contribution in [0.3, 0.4) is 0 Å². The van der Waals surface area contributed by atoms with E-state index in [0.717, 1.165) is 5.56 Å². The highest BCUT2D eigenvalue weighted by Crippen LogP contribution is 2.04. The molecule has 1 amide bonds. The second kappa shape index (κ2) is 6.35. The number of amides is 1. The van der Waals surface area contributed by atoms with Gasteiger partial charge in [0.15, 0.2) is 0 Å². The minimum Gasteiger partial charge on any atom is -0.355 e. The van der Waals surface area contributed by atoms with Crippen molar-refractivity contribution < 1.29 is 9.18 Å². The molecule has 0 saturated carbocycles. The number of carbonyl (C=O) groups excluding carboxylic acids is 1. The molecule has 0 bridgehead atoms. The van der Waals surface area contributed by atoms with E-state index in [9.17, 15) is 9.18 Å². The Morgan fingerprint density at radius 2 is 2.18 bits per heavy atom. The second-order valence-corrected chi connectivity index (χ2v) is 4.32. The Hall–Kier alpha value is -1.42. The van der Waals surface area contributed by atoms with Crippen molar-refractivity contribution in [3.8, 4) is 0 Å². The maximum atomic E-state index is 12.9. The lowest BCUT2D eigenvalue weighted by Gasteiger charge is -2.15. The lowest BCUT2D eigenvalue weighted by Crippen LogP contribution is -2.39. The van der Waals surface area contributed by atoms with Gasteiger partial charge in [0.1, 0.15) is 5.82 Å². The highest BCUT2D eigenvalue weighted by atomic mass is 19.1. The van der Waals surface area contributed by atoms with Crippen LogP contribution in [0.4, 0.5) is 4.39 Å². The van der Waals surface area contributed by atoms with Gasteiger partial charge < -0.3 is 11.1 Å². The fourth-order valence-electron chi connectivity index (χ4n) is 1.42. The van der Waals surface area contributed by atoms with Crippen molar-refractivity contribution in [2.24, 2.45) is 11.7 Å². The van der Waals surface area contributed by atoms with E-state index in [4.69, 9.17) is 5.73 Å². The Balaban J connectivity index is 2.35. The third-order valence-electron chi connectivity index (χ3n) is 2.80. The van der Waals surface area contributed by atoms with Crippen LogP contribution in [0, 0.1) is 11.7 Å². The molecular formula is C13H19FN2O. The Morgan fingerprint density at radius 1 is 1.47 bits per heavy atom. The van der Waals surface area contributed by atoms with Crippen molar-refractivity contribution in [1.29, 1.82) is 0 Å². The van der Waals surface area contributed by atoms with Crippen molar-refractivity contribution in [3.05, 3.63) is 35.6 Å². The first-order chi connectivity index (χ1) is 8.00. The molecule has 0 saturated heterocycles. The first kappa shape index (κ1) is 13.6. The van der Waals surface area contributed by atoms with E-state index in [2.05, 4.69) is 5.32 Å². The predicted molar refractivity (Wildman–Crippen MR) is 65.9 cm³/mol.